The number of carbonyl (C=O) groups is 1. The Morgan fingerprint density at radius 2 is 1.88 bits per heavy atom. The topological polar surface area (TPSA) is 74.6 Å². The second kappa shape index (κ2) is 9.68. The molecule has 33 heavy (non-hydrogen) atoms. The van der Waals surface area contributed by atoms with E-state index in [1.807, 2.05) is 29.3 Å². The zero-order valence-corrected chi connectivity index (χ0v) is 19.3. The van der Waals surface area contributed by atoms with Crippen LogP contribution in [0.1, 0.15) is 5.56 Å². The van der Waals surface area contributed by atoms with Crippen molar-refractivity contribution in [2.45, 2.75) is 6.42 Å². The molecule has 1 aliphatic heterocycles. The van der Waals surface area contributed by atoms with Crippen LogP contribution in [0.3, 0.4) is 0 Å². The van der Waals surface area contributed by atoms with Crippen molar-refractivity contribution in [3.8, 4) is 16.2 Å². The maximum Gasteiger partial charge on any atom is 0.260 e. The van der Waals surface area contributed by atoms with Crippen LogP contribution < -0.4 is 15.4 Å². The minimum Gasteiger partial charge on any atom is -0.484 e. The van der Waals surface area contributed by atoms with E-state index in [4.69, 9.17) is 10.5 Å². The van der Waals surface area contributed by atoms with Crippen LogP contribution in [0.4, 0.5) is 5.69 Å². The molecule has 0 radical (unpaired) electrons. The summed E-state index contributed by atoms with van der Waals surface area (Å²) in [5.41, 5.74) is 10.4. The minimum atomic E-state index is 0.0269. The van der Waals surface area contributed by atoms with E-state index < -0.39 is 0 Å². The number of hydrogen-bond donors (Lipinski definition) is 2. The van der Waals surface area contributed by atoms with E-state index in [1.54, 1.807) is 11.3 Å². The Balaban J connectivity index is 1.14. The van der Waals surface area contributed by atoms with Gasteiger partial charge in [0.2, 0.25) is 0 Å². The molecule has 7 heteroatoms. The number of aromatic nitrogens is 1. The third kappa shape index (κ3) is 4.74. The number of aromatic amines is 1. The van der Waals surface area contributed by atoms with Gasteiger partial charge < -0.3 is 25.3 Å². The van der Waals surface area contributed by atoms with Gasteiger partial charge in [-0.05, 0) is 65.9 Å². The molecule has 3 heterocycles. The molecule has 0 bridgehead atoms. The molecular weight excluding hydrogens is 432 g/mol. The van der Waals surface area contributed by atoms with Crippen LogP contribution in [0, 0.1) is 0 Å². The summed E-state index contributed by atoms with van der Waals surface area (Å²) in [5.74, 6) is 0.734. The summed E-state index contributed by atoms with van der Waals surface area (Å²) in [7, 11) is 0. The number of rotatable bonds is 7. The van der Waals surface area contributed by atoms with Gasteiger partial charge in [-0.15, -0.1) is 11.3 Å². The third-order valence-corrected chi connectivity index (χ3v) is 7.10. The number of amides is 1. The summed E-state index contributed by atoms with van der Waals surface area (Å²) in [5, 5.41) is 3.20. The van der Waals surface area contributed by atoms with Gasteiger partial charge in [0, 0.05) is 53.8 Å². The molecule has 0 spiro atoms. The first-order chi connectivity index (χ1) is 16.2. The highest BCUT2D eigenvalue weighted by Crippen LogP contribution is 2.27. The number of benzene rings is 2. The molecule has 4 aromatic rings. The van der Waals surface area contributed by atoms with Gasteiger partial charge >= 0.3 is 0 Å². The molecule has 0 atom stereocenters. The van der Waals surface area contributed by atoms with Gasteiger partial charge in [-0.2, -0.15) is 0 Å². The van der Waals surface area contributed by atoms with Crippen molar-refractivity contribution in [3.63, 3.8) is 0 Å². The van der Waals surface area contributed by atoms with E-state index in [9.17, 15) is 4.79 Å². The Bertz CT molecular complexity index is 1210. The fourth-order valence-corrected chi connectivity index (χ4v) is 5.07. The predicted octanol–water partition coefficient (Wildman–Crippen LogP) is 4.13. The Labute approximate surface area is 197 Å². The van der Waals surface area contributed by atoms with E-state index >= 15 is 0 Å². The van der Waals surface area contributed by atoms with Crippen molar-refractivity contribution in [3.05, 3.63) is 71.7 Å². The first kappa shape index (κ1) is 21.6. The Kier molecular flexibility index (Phi) is 6.32. The zero-order valence-electron chi connectivity index (χ0n) is 18.5. The number of nitrogens with two attached hydrogens (primary N) is 1. The van der Waals surface area contributed by atoms with Crippen molar-refractivity contribution >= 4 is 33.8 Å². The lowest BCUT2D eigenvalue weighted by Gasteiger charge is -2.36. The smallest absolute Gasteiger partial charge is 0.260 e. The minimum absolute atomic E-state index is 0.0269. The molecule has 0 unspecified atom stereocenters. The van der Waals surface area contributed by atoms with Crippen LogP contribution in [0.2, 0.25) is 0 Å². The van der Waals surface area contributed by atoms with Crippen LogP contribution in [-0.4, -0.2) is 55.1 Å². The van der Waals surface area contributed by atoms with E-state index in [2.05, 4.69) is 51.7 Å². The number of H-pyrrole nitrogens is 1. The number of carbonyl (C=O) groups excluding carboxylic acids is 1. The maximum atomic E-state index is 12.7. The monoisotopic (exact) mass is 460 g/mol. The van der Waals surface area contributed by atoms with Gasteiger partial charge in [-0.3, -0.25) is 4.79 Å². The highest BCUT2D eigenvalue weighted by molar-refractivity contribution is 7.13. The molecule has 5 rings (SSSR count). The SMILES string of the molecule is NCCc1c[nH]c2ccc(OCC(=O)N3CCN(c4ccc(-c5cccs5)cc4)CC3)cc12. The van der Waals surface area contributed by atoms with Crippen LogP contribution in [0.25, 0.3) is 21.3 Å². The lowest BCUT2D eigenvalue weighted by atomic mass is 10.1. The Morgan fingerprint density at radius 1 is 1.06 bits per heavy atom. The van der Waals surface area contributed by atoms with Crippen LogP contribution in [0.5, 0.6) is 5.75 Å². The Hall–Kier alpha value is -3.29. The van der Waals surface area contributed by atoms with Crippen molar-refractivity contribution in [2.24, 2.45) is 5.73 Å². The van der Waals surface area contributed by atoms with E-state index in [0.717, 1.165) is 30.4 Å². The largest absolute Gasteiger partial charge is 0.484 e. The summed E-state index contributed by atoms with van der Waals surface area (Å²) in [6.07, 6.45) is 2.80. The van der Waals surface area contributed by atoms with Crippen LogP contribution in [-0.2, 0) is 11.2 Å². The van der Waals surface area contributed by atoms with Crippen molar-refractivity contribution < 1.29 is 9.53 Å². The third-order valence-electron chi connectivity index (χ3n) is 6.19. The van der Waals surface area contributed by atoms with Crippen molar-refractivity contribution in [1.82, 2.24) is 9.88 Å². The van der Waals surface area contributed by atoms with Gasteiger partial charge in [0.25, 0.3) is 5.91 Å². The molecular formula is C26H28N4O2S. The first-order valence-electron chi connectivity index (χ1n) is 11.3. The lowest BCUT2D eigenvalue weighted by molar-refractivity contribution is -0.133. The van der Waals surface area contributed by atoms with Gasteiger partial charge in [0.15, 0.2) is 6.61 Å². The quantitative estimate of drug-likeness (QED) is 0.435. The normalized spacial score (nSPS) is 14.1. The number of hydrogen-bond acceptors (Lipinski definition) is 5. The average molecular weight is 461 g/mol. The standard InChI is InChI=1S/C26H28N4O2S/c27-10-9-20-17-28-24-8-7-22(16-23(20)24)32-18-26(31)30-13-11-29(12-14-30)21-5-3-19(4-6-21)25-2-1-15-33-25/h1-8,15-17,28H,9-14,18,27H2. The molecule has 0 saturated carbocycles. The molecule has 1 aliphatic rings. The highest BCUT2D eigenvalue weighted by atomic mass is 32.1. The average Bonchev–Trinajstić information content (AvgIpc) is 3.54. The molecule has 170 valence electrons. The second-order valence-corrected chi connectivity index (χ2v) is 9.19. The summed E-state index contributed by atoms with van der Waals surface area (Å²) in [6.45, 7) is 3.70. The van der Waals surface area contributed by atoms with Crippen LogP contribution in [0.15, 0.2) is 66.2 Å². The molecule has 2 aromatic heterocycles. The summed E-state index contributed by atoms with van der Waals surface area (Å²) in [4.78, 5) is 21.5. The summed E-state index contributed by atoms with van der Waals surface area (Å²) < 4.78 is 5.84. The number of piperazine rings is 1. The molecule has 6 nitrogen and oxygen atoms in total. The second-order valence-electron chi connectivity index (χ2n) is 8.24. The summed E-state index contributed by atoms with van der Waals surface area (Å²) >= 11 is 1.75. The molecule has 0 aliphatic carbocycles. The number of nitrogens with zero attached hydrogens (tertiary/aromatic N) is 2. The number of fused-ring (bicyclic) bond motifs is 1. The summed E-state index contributed by atoms with van der Waals surface area (Å²) in [6, 6.07) is 18.8. The van der Waals surface area contributed by atoms with E-state index in [1.165, 1.54) is 21.7 Å². The highest BCUT2D eigenvalue weighted by Gasteiger charge is 2.22. The lowest BCUT2D eigenvalue weighted by Crippen LogP contribution is -2.50. The molecule has 1 saturated heterocycles. The van der Waals surface area contributed by atoms with E-state index in [-0.39, 0.29) is 12.5 Å². The predicted molar refractivity (Wildman–Crippen MR) is 135 cm³/mol. The van der Waals surface area contributed by atoms with Gasteiger partial charge in [-0.1, -0.05) is 18.2 Å². The fourth-order valence-electron chi connectivity index (χ4n) is 4.34. The maximum absolute atomic E-state index is 12.7. The molecule has 2 aromatic carbocycles. The Morgan fingerprint density at radius 3 is 2.61 bits per heavy atom. The van der Waals surface area contributed by atoms with Gasteiger partial charge in [0.05, 0.1) is 0 Å². The number of thiophene rings is 1. The molecule has 3 N–H and O–H groups in total. The fraction of sp³-hybridized carbons (Fsp3) is 0.269. The van der Waals surface area contributed by atoms with Gasteiger partial charge in [-0.25, -0.2) is 0 Å². The molecule has 1 amide bonds. The van der Waals surface area contributed by atoms with Crippen molar-refractivity contribution in [2.75, 3.05) is 44.2 Å². The van der Waals surface area contributed by atoms with Crippen molar-refractivity contribution in [1.29, 1.82) is 0 Å². The number of ether oxygens (including phenoxy) is 1. The van der Waals surface area contributed by atoms with Crippen LogP contribution >= 0.6 is 11.3 Å². The number of anilines is 1. The first-order valence-corrected chi connectivity index (χ1v) is 12.2. The van der Waals surface area contributed by atoms with E-state index in [0.29, 0.717) is 25.4 Å². The molecule has 1 fully saturated rings. The number of nitrogens with one attached hydrogen (secondary N) is 1. The van der Waals surface area contributed by atoms with Gasteiger partial charge in [0.1, 0.15) is 5.75 Å². The zero-order chi connectivity index (χ0) is 22.6.